The Hall–Kier alpha value is -2.38. The van der Waals surface area contributed by atoms with Gasteiger partial charge in [0.15, 0.2) is 0 Å². The van der Waals surface area contributed by atoms with Gasteiger partial charge in [-0.05, 0) is 30.3 Å². The summed E-state index contributed by atoms with van der Waals surface area (Å²) in [6, 6.07) is 13.0. The van der Waals surface area contributed by atoms with Gasteiger partial charge in [-0.1, -0.05) is 18.2 Å². The van der Waals surface area contributed by atoms with Crippen molar-refractivity contribution in [2.45, 2.75) is 9.92 Å². The number of benzene rings is 2. The Morgan fingerprint density at radius 3 is 2.50 bits per heavy atom. The topological polar surface area (TPSA) is 54.3 Å². The van der Waals surface area contributed by atoms with Gasteiger partial charge < -0.3 is 14.8 Å². The van der Waals surface area contributed by atoms with Crippen molar-refractivity contribution in [2.24, 2.45) is 7.05 Å². The second-order valence-electron chi connectivity index (χ2n) is 6.42. The van der Waals surface area contributed by atoms with Gasteiger partial charge in [0, 0.05) is 44.3 Å². The predicted molar refractivity (Wildman–Crippen MR) is 99.9 cm³/mol. The Labute approximate surface area is 152 Å². The number of hydrogen-bond donors (Lipinski definition) is 1. The third kappa shape index (κ3) is 2.68. The van der Waals surface area contributed by atoms with Crippen LogP contribution in [0.5, 0.6) is 0 Å². The molecule has 2 heterocycles. The van der Waals surface area contributed by atoms with Crippen molar-refractivity contribution in [3.8, 4) is 0 Å². The zero-order chi connectivity index (χ0) is 18.3. The van der Waals surface area contributed by atoms with Crippen LogP contribution in [-0.4, -0.2) is 39.2 Å². The molecule has 4 rings (SSSR count). The molecule has 1 N–H and O–H groups in total. The normalized spacial score (nSPS) is 15.5. The minimum atomic E-state index is -3.95. The molecule has 0 unspecified atom stereocenters. The lowest BCUT2D eigenvalue weighted by molar-refractivity contribution is 0.561. The summed E-state index contributed by atoms with van der Waals surface area (Å²) in [5.74, 6) is -0.736. The molecule has 0 aliphatic carbocycles. The first-order chi connectivity index (χ1) is 12.5. The Kier molecular flexibility index (Phi) is 4.20. The van der Waals surface area contributed by atoms with E-state index in [1.165, 1.54) is 24.3 Å². The molecule has 1 aliphatic heterocycles. The van der Waals surface area contributed by atoms with Crippen molar-refractivity contribution in [2.75, 3.05) is 31.1 Å². The van der Waals surface area contributed by atoms with Gasteiger partial charge in [0.1, 0.15) is 15.7 Å². The average Bonchev–Trinajstić information content (AvgIpc) is 3.00. The van der Waals surface area contributed by atoms with E-state index in [4.69, 9.17) is 0 Å². The van der Waals surface area contributed by atoms with E-state index in [0.717, 1.165) is 42.8 Å². The van der Waals surface area contributed by atoms with E-state index in [1.54, 1.807) is 17.7 Å². The van der Waals surface area contributed by atoms with Crippen LogP contribution in [0.2, 0.25) is 0 Å². The molecule has 3 aromatic rings. The molecule has 1 saturated heterocycles. The molecular formula is C19H20FN3O2S. The number of anilines is 1. The highest BCUT2D eigenvalue weighted by atomic mass is 32.2. The lowest BCUT2D eigenvalue weighted by Crippen LogP contribution is -2.43. The van der Waals surface area contributed by atoms with Crippen LogP contribution in [0.3, 0.4) is 0 Å². The van der Waals surface area contributed by atoms with Crippen LogP contribution < -0.4 is 10.2 Å². The zero-order valence-electron chi connectivity index (χ0n) is 14.4. The molecular weight excluding hydrogens is 353 g/mol. The number of aryl methyl sites for hydroxylation is 1. The van der Waals surface area contributed by atoms with Crippen LogP contribution in [0.4, 0.5) is 10.1 Å². The minimum Gasteiger partial charge on any atom is -0.368 e. The summed E-state index contributed by atoms with van der Waals surface area (Å²) in [4.78, 5) is 1.95. The van der Waals surface area contributed by atoms with Gasteiger partial charge in [-0.25, -0.2) is 12.8 Å². The maximum Gasteiger partial charge on any atom is 0.224 e. The molecule has 1 aromatic heterocycles. The van der Waals surface area contributed by atoms with Crippen molar-refractivity contribution < 1.29 is 12.8 Å². The van der Waals surface area contributed by atoms with Gasteiger partial charge in [-0.2, -0.15) is 0 Å². The van der Waals surface area contributed by atoms with Gasteiger partial charge in [0.2, 0.25) is 9.84 Å². The molecule has 1 aliphatic rings. The van der Waals surface area contributed by atoms with E-state index < -0.39 is 15.7 Å². The molecule has 5 nitrogen and oxygen atoms in total. The SMILES string of the molecule is Cn1c(S(=O)(=O)c2ccccc2F)cc2c(N3CCNCC3)cccc21. The highest BCUT2D eigenvalue weighted by Gasteiger charge is 2.26. The quantitative estimate of drug-likeness (QED) is 0.767. The Morgan fingerprint density at radius 2 is 1.77 bits per heavy atom. The monoisotopic (exact) mass is 373 g/mol. The van der Waals surface area contributed by atoms with E-state index in [0.29, 0.717) is 0 Å². The second-order valence-corrected chi connectivity index (χ2v) is 8.29. The third-order valence-corrected chi connectivity index (χ3v) is 6.73. The van der Waals surface area contributed by atoms with E-state index >= 15 is 0 Å². The van der Waals surface area contributed by atoms with Crippen molar-refractivity contribution in [1.82, 2.24) is 9.88 Å². The summed E-state index contributed by atoms with van der Waals surface area (Å²) in [6.45, 7) is 3.51. The van der Waals surface area contributed by atoms with Gasteiger partial charge in [-0.15, -0.1) is 0 Å². The zero-order valence-corrected chi connectivity index (χ0v) is 15.3. The van der Waals surface area contributed by atoms with Crippen molar-refractivity contribution in [1.29, 1.82) is 0 Å². The Morgan fingerprint density at radius 1 is 1.04 bits per heavy atom. The number of halogens is 1. The number of hydrogen-bond acceptors (Lipinski definition) is 4. The molecule has 136 valence electrons. The molecule has 7 heteroatoms. The molecule has 0 radical (unpaired) electrons. The maximum atomic E-state index is 14.1. The first-order valence-electron chi connectivity index (χ1n) is 8.54. The summed E-state index contributed by atoms with van der Waals surface area (Å²) >= 11 is 0. The number of nitrogens with one attached hydrogen (secondary N) is 1. The predicted octanol–water partition coefficient (Wildman–Crippen LogP) is 2.56. The van der Waals surface area contributed by atoms with Gasteiger partial charge in [0.25, 0.3) is 0 Å². The number of aromatic nitrogens is 1. The number of sulfone groups is 1. The van der Waals surface area contributed by atoms with E-state index in [-0.39, 0.29) is 9.92 Å². The van der Waals surface area contributed by atoms with E-state index in [9.17, 15) is 12.8 Å². The summed E-state index contributed by atoms with van der Waals surface area (Å²) in [7, 11) is -2.25. The van der Waals surface area contributed by atoms with Crippen molar-refractivity contribution in [3.05, 3.63) is 54.3 Å². The van der Waals surface area contributed by atoms with Gasteiger partial charge in [0.05, 0.1) is 5.52 Å². The Balaban J connectivity index is 1.90. The molecule has 0 saturated carbocycles. The molecule has 0 spiro atoms. The second kappa shape index (κ2) is 6.41. The van der Waals surface area contributed by atoms with Gasteiger partial charge in [-0.3, -0.25) is 0 Å². The van der Waals surface area contributed by atoms with Crippen LogP contribution in [0.25, 0.3) is 10.9 Å². The van der Waals surface area contributed by atoms with Crippen LogP contribution in [0, 0.1) is 5.82 Å². The molecule has 1 fully saturated rings. The number of nitrogens with zero attached hydrogens (tertiary/aromatic N) is 2. The first-order valence-corrected chi connectivity index (χ1v) is 10.0. The highest BCUT2D eigenvalue weighted by molar-refractivity contribution is 7.91. The van der Waals surface area contributed by atoms with Crippen LogP contribution >= 0.6 is 0 Å². The van der Waals surface area contributed by atoms with Crippen LogP contribution in [-0.2, 0) is 16.9 Å². The first kappa shape index (κ1) is 17.1. The van der Waals surface area contributed by atoms with Crippen molar-refractivity contribution in [3.63, 3.8) is 0 Å². The lowest BCUT2D eigenvalue weighted by atomic mass is 10.2. The van der Waals surface area contributed by atoms with E-state index in [1.807, 2.05) is 18.2 Å². The number of rotatable bonds is 3. The standard InChI is InChI=1S/C19H20FN3O2S/c1-22-16-6-4-7-17(23-11-9-21-10-12-23)14(16)13-19(22)26(24,25)18-8-3-2-5-15(18)20/h2-8,13,21H,9-12H2,1H3. The fourth-order valence-electron chi connectivity index (χ4n) is 3.54. The van der Waals surface area contributed by atoms with Crippen LogP contribution in [0.15, 0.2) is 58.5 Å². The maximum absolute atomic E-state index is 14.1. The fraction of sp³-hybridized carbons (Fsp3) is 0.263. The van der Waals surface area contributed by atoms with Gasteiger partial charge >= 0.3 is 0 Å². The third-order valence-electron chi connectivity index (χ3n) is 4.88. The highest BCUT2D eigenvalue weighted by Crippen LogP contribution is 2.33. The summed E-state index contributed by atoms with van der Waals surface area (Å²) in [5, 5.41) is 4.28. The lowest BCUT2D eigenvalue weighted by Gasteiger charge is -2.30. The average molecular weight is 373 g/mol. The molecule has 26 heavy (non-hydrogen) atoms. The number of piperazine rings is 1. The molecule has 0 atom stereocenters. The molecule has 2 aromatic carbocycles. The minimum absolute atomic E-state index is 0.0974. The van der Waals surface area contributed by atoms with Crippen LogP contribution in [0.1, 0.15) is 0 Å². The van der Waals surface area contributed by atoms with Crippen molar-refractivity contribution >= 4 is 26.4 Å². The fourth-order valence-corrected chi connectivity index (χ4v) is 5.07. The smallest absolute Gasteiger partial charge is 0.224 e. The summed E-state index contributed by atoms with van der Waals surface area (Å²) < 4.78 is 41.8. The largest absolute Gasteiger partial charge is 0.368 e. The molecule has 0 amide bonds. The molecule has 0 bridgehead atoms. The Bertz CT molecular complexity index is 1070. The summed E-state index contributed by atoms with van der Waals surface area (Å²) in [6.07, 6.45) is 0. The van der Waals surface area contributed by atoms with E-state index in [2.05, 4.69) is 10.2 Å². The number of fused-ring (bicyclic) bond motifs is 1. The summed E-state index contributed by atoms with van der Waals surface area (Å²) in [5.41, 5.74) is 1.82.